The number of carbonyl (C=O) groups excluding carboxylic acids is 1. The molecule has 4 nitrogen and oxygen atoms in total. The summed E-state index contributed by atoms with van der Waals surface area (Å²) in [6, 6.07) is 0. The monoisotopic (exact) mass is 157 g/mol. The molecule has 0 aromatic carbocycles. The maximum absolute atomic E-state index is 10.7. The fourth-order valence-electron chi connectivity index (χ4n) is 1.25. The molecule has 0 saturated carbocycles. The molecule has 1 aliphatic rings. The van der Waals surface area contributed by atoms with E-state index in [1.54, 1.807) is 4.90 Å². The molecular weight excluding hydrogens is 146 g/mol. The molecular formula is C7H11NO3. The molecule has 1 rings (SSSR count). The molecule has 1 N–H and O–H groups in total. The van der Waals surface area contributed by atoms with Gasteiger partial charge in [-0.2, -0.15) is 0 Å². The maximum Gasteiger partial charge on any atom is 0.308 e. The van der Waals surface area contributed by atoms with Crippen LogP contribution in [0.15, 0.2) is 0 Å². The summed E-state index contributed by atoms with van der Waals surface area (Å²) >= 11 is 0. The third-order valence-corrected chi connectivity index (χ3v) is 1.98. The van der Waals surface area contributed by atoms with Crippen LogP contribution in [-0.4, -0.2) is 35.0 Å². The summed E-state index contributed by atoms with van der Waals surface area (Å²) in [5, 5.41) is 8.57. The Morgan fingerprint density at radius 2 is 2.18 bits per heavy atom. The highest BCUT2D eigenvalue weighted by molar-refractivity contribution is 5.76. The number of amides is 1. The van der Waals surface area contributed by atoms with Crippen LogP contribution in [0.2, 0.25) is 0 Å². The van der Waals surface area contributed by atoms with Crippen molar-refractivity contribution in [1.29, 1.82) is 0 Å². The molecule has 4 heteroatoms. The minimum Gasteiger partial charge on any atom is -0.481 e. The molecule has 0 spiro atoms. The largest absolute Gasteiger partial charge is 0.481 e. The van der Waals surface area contributed by atoms with Crippen LogP contribution >= 0.6 is 0 Å². The molecule has 0 aliphatic carbocycles. The maximum atomic E-state index is 10.7. The van der Waals surface area contributed by atoms with Crippen LogP contribution in [0, 0.1) is 5.92 Å². The molecule has 1 aliphatic heterocycles. The van der Waals surface area contributed by atoms with E-state index in [2.05, 4.69) is 0 Å². The first-order chi connectivity index (χ1) is 5.11. The van der Waals surface area contributed by atoms with Gasteiger partial charge in [0.2, 0.25) is 5.91 Å². The van der Waals surface area contributed by atoms with E-state index in [0.717, 1.165) is 0 Å². The van der Waals surface area contributed by atoms with Crippen LogP contribution in [0.4, 0.5) is 0 Å². The van der Waals surface area contributed by atoms with E-state index in [-0.39, 0.29) is 11.8 Å². The lowest BCUT2D eigenvalue weighted by Gasteiger charge is -2.11. The second kappa shape index (κ2) is 2.90. The van der Waals surface area contributed by atoms with Crippen LogP contribution in [-0.2, 0) is 9.59 Å². The Kier molecular flexibility index (Phi) is 2.12. The topological polar surface area (TPSA) is 57.6 Å². The zero-order chi connectivity index (χ0) is 8.43. The highest BCUT2D eigenvalue weighted by Gasteiger charge is 2.28. The predicted molar refractivity (Wildman–Crippen MR) is 38.0 cm³/mol. The molecule has 0 radical (unpaired) electrons. The lowest BCUT2D eigenvalue weighted by Crippen LogP contribution is -2.27. The first-order valence-corrected chi connectivity index (χ1v) is 3.59. The van der Waals surface area contributed by atoms with Gasteiger partial charge in [-0.15, -0.1) is 0 Å². The van der Waals surface area contributed by atoms with Crippen molar-refractivity contribution >= 4 is 11.9 Å². The molecule has 1 heterocycles. The van der Waals surface area contributed by atoms with Crippen molar-refractivity contribution in [3.63, 3.8) is 0 Å². The Balaban J connectivity index is 2.47. The number of hydrogen-bond donors (Lipinski definition) is 1. The molecule has 1 fully saturated rings. The summed E-state index contributed by atoms with van der Waals surface area (Å²) in [5.74, 6) is -1.18. The Morgan fingerprint density at radius 3 is 2.45 bits per heavy atom. The molecule has 11 heavy (non-hydrogen) atoms. The van der Waals surface area contributed by atoms with E-state index >= 15 is 0 Å². The van der Waals surface area contributed by atoms with Crippen molar-refractivity contribution in [2.45, 2.75) is 13.3 Å². The quantitative estimate of drug-likeness (QED) is 0.580. The van der Waals surface area contributed by atoms with Crippen molar-refractivity contribution in [2.24, 2.45) is 5.92 Å². The summed E-state index contributed by atoms with van der Waals surface area (Å²) in [4.78, 5) is 22.7. The lowest BCUT2D eigenvalue weighted by molar-refractivity contribution is -0.141. The fourth-order valence-corrected chi connectivity index (χ4v) is 1.25. The zero-order valence-electron chi connectivity index (χ0n) is 6.41. The number of nitrogens with zero attached hydrogens (tertiary/aromatic N) is 1. The van der Waals surface area contributed by atoms with Gasteiger partial charge in [-0.3, -0.25) is 9.59 Å². The minimum atomic E-state index is -0.797. The zero-order valence-corrected chi connectivity index (χ0v) is 6.41. The average Bonchev–Trinajstić information content (AvgIpc) is 2.33. The molecule has 62 valence electrons. The number of carboxylic acids is 1. The molecule has 1 atom stereocenters. The molecule has 0 aromatic heterocycles. The Labute approximate surface area is 64.8 Å². The van der Waals surface area contributed by atoms with E-state index < -0.39 is 5.97 Å². The van der Waals surface area contributed by atoms with E-state index in [1.807, 2.05) is 0 Å². The number of hydrogen-bond acceptors (Lipinski definition) is 2. The first-order valence-electron chi connectivity index (χ1n) is 3.59. The van der Waals surface area contributed by atoms with Gasteiger partial charge in [0, 0.05) is 20.0 Å². The Bertz CT molecular complexity index is 170. The Hall–Kier alpha value is -1.06. The molecule has 1 saturated heterocycles. The van der Waals surface area contributed by atoms with E-state index in [9.17, 15) is 9.59 Å². The summed E-state index contributed by atoms with van der Waals surface area (Å²) in [7, 11) is 0. The summed E-state index contributed by atoms with van der Waals surface area (Å²) < 4.78 is 0. The minimum absolute atomic E-state index is 0.0336. The van der Waals surface area contributed by atoms with Crippen molar-refractivity contribution in [3.05, 3.63) is 0 Å². The highest BCUT2D eigenvalue weighted by Crippen LogP contribution is 2.15. The first kappa shape index (κ1) is 8.04. The smallest absolute Gasteiger partial charge is 0.308 e. The van der Waals surface area contributed by atoms with Crippen molar-refractivity contribution in [3.8, 4) is 0 Å². The van der Waals surface area contributed by atoms with Gasteiger partial charge in [0.05, 0.1) is 5.92 Å². The molecule has 1 amide bonds. The van der Waals surface area contributed by atoms with Crippen molar-refractivity contribution in [2.75, 3.05) is 13.1 Å². The molecule has 0 bridgehead atoms. The van der Waals surface area contributed by atoms with Gasteiger partial charge < -0.3 is 10.0 Å². The van der Waals surface area contributed by atoms with Gasteiger partial charge >= 0.3 is 5.97 Å². The lowest BCUT2D eigenvalue weighted by atomic mass is 10.1. The van der Waals surface area contributed by atoms with Crippen LogP contribution in [0.5, 0.6) is 0 Å². The van der Waals surface area contributed by atoms with Gasteiger partial charge in [0.15, 0.2) is 0 Å². The number of carboxylic acid groups (broad SMARTS) is 1. The number of aliphatic carboxylic acids is 1. The third-order valence-electron chi connectivity index (χ3n) is 1.98. The molecule has 1 unspecified atom stereocenters. The third kappa shape index (κ3) is 1.69. The van der Waals surface area contributed by atoms with Gasteiger partial charge in [-0.25, -0.2) is 0 Å². The SMILES string of the molecule is CC(=O)N1CCC(C(=O)O)C1. The van der Waals surface area contributed by atoms with Crippen LogP contribution in [0.25, 0.3) is 0 Å². The van der Waals surface area contributed by atoms with Gasteiger partial charge in [0.25, 0.3) is 0 Å². The van der Waals surface area contributed by atoms with Crippen LogP contribution < -0.4 is 0 Å². The number of carbonyl (C=O) groups is 2. The second-order valence-electron chi connectivity index (χ2n) is 2.79. The summed E-state index contributed by atoms with van der Waals surface area (Å²) in [6.07, 6.45) is 0.592. The van der Waals surface area contributed by atoms with E-state index in [1.165, 1.54) is 6.92 Å². The average molecular weight is 157 g/mol. The highest BCUT2D eigenvalue weighted by atomic mass is 16.4. The summed E-state index contributed by atoms with van der Waals surface area (Å²) in [6.45, 7) is 2.43. The van der Waals surface area contributed by atoms with E-state index in [4.69, 9.17) is 5.11 Å². The van der Waals surface area contributed by atoms with Gasteiger partial charge in [-0.05, 0) is 6.42 Å². The standard InChI is InChI=1S/C7H11NO3/c1-5(9)8-3-2-6(4-8)7(10)11/h6H,2-4H2,1H3,(H,10,11). The number of rotatable bonds is 1. The Morgan fingerprint density at radius 1 is 1.55 bits per heavy atom. The molecule has 0 aromatic rings. The van der Waals surface area contributed by atoms with Crippen molar-refractivity contribution in [1.82, 2.24) is 4.90 Å². The number of likely N-dealkylation sites (tertiary alicyclic amines) is 1. The summed E-state index contributed by atoms with van der Waals surface area (Å²) in [5.41, 5.74) is 0. The van der Waals surface area contributed by atoms with Crippen LogP contribution in [0.1, 0.15) is 13.3 Å². The second-order valence-corrected chi connectivity index (χ2v) is 2.79. The van der Waals surface area contributed by atoms with Crippen molar-refractivity contribution < 1.29 is 14.7 Å². The van der Waals surface area contributed by atoms with Gasteiger partial charge in [-0.1, -0.05) is 0 Å². The van der Waals surface area contributed by atoms with Gasteiger partial charge in [0.1, 0.15) is 0 Å². The predicted octanol–water partition coefficient (Wildman–Crippen LogP) is -0.0606. The normalized spacial score (nSPS) is 23.7. The fraction of sp³-hybridized carbons (Fsp3) is 0.714. The van der Waals surface area contributed by atoms with E-state index in [0.29, 0.717) is 19.5 Å². The van der Waals surface area contributed by atoms with Crippen LogP contribution in [0.3, 0.4) is 0 Å².